The quantitative estimate of drug-likeness (QED) is 0.389. The van der Waals surface area contributed by atoms with Gasteiger partial charge in [-0.15, -0.1) is 0 Å². The Kier molecular flexibility index (Phi) is 9.22. The zero-order chi connectivity index (χ0) is 24.2. The molecule has 3 amide bonds. The zero-order valence-electron chi connectivity index (χ0n) is 19.2. The van der Waals surface area contributed by atoms with E-state index in [4.69, 9.17) is 4.74 Å². The Morgan fingerprint density at radius 1 is 0.794 bits per heavy atom. The molecule has 0 spiro atoms. The van der Waals surface area contributed by atoms with Gasteiger partial charge in [-0.05, 0) is 48.4 Å². The Labute approximate surface area is 199 Å². The number of carbonyl (C=O) groups is 3. The molecular formula is C27H29N3O4. The Hall–Kier alpha value is -4.13. The van der Waals surface area contributed by atoms with Gasteiger partial charge in [0.1, 0.15) is 5.75 Å². The summed E-state index contributed by atoms with van der Waals surface area (Å²) in [6, 6.07) is 23.3. The molecule has 34 heavy (non-hydrogen) atoms. The number of hydrogen-bond donors (Lipinski definition) is 3. The second kappa shape index (κ2) is 12.8. The van der Waals surface area contributed by atoms with Crippen molar-refractivity contribution in [1.82, 2.24) is 10.9 Å². The number of hydrogen-bond acceptors (Lipinski definition) is 4. The van der Waals surface area contributed by atoms with Crippen LogP contribution in [0.4, 0.5) is 5.69 Å². The monoisotopic (exact) mass is 459 g/mol. The first-order valence-corrected chi connectivity index (χ1v) is 11.3. The van der Waals surface area contributed by atoms with E-state index in [1.807, 2.05) is 37.3 Å². The summed E-state index contributed by atoms with van der Waals surface area (Å²) >= 11 is 0. The van der Waals surface area contributed by atoms with E-state index in [1.54, 1.807) is 48.5 Å². The van der Waals surface area contributed by atoms with Crippen molar-refractivity contribution in [3.63, 3.8) is 0 Å². The van der Waals surface area contributed by atoms with Gasteiger partial charge >= 0.3 is 0 Å². The summed E-state index contributed by atoms with van der Waals surface area (Å²) in [7, 11) is 0. The van der Waals surface area contributed by atoms with Crippen LogP contribution >= 0.6 is 0 Å². The van der Waals surface area contributed by atoms with Gasteiger partial charge in [-0.3, -0.25) is 25.2 Å². The molecule has 176 valence electrons. The van der Waals surface area contributed by atoms with Crippen LogP contribution in [0, 0.1) is 0 Å². The lowest BCUT2D eigenvalue weighted by Crippen LogP contribution is -2.41. The molecular weight excluding hydrogens is 430 g/mol. The van der Waals surface area contributed by atoms with E-state index < -0.39 is 11.8 Å². The molecule has 0 unspecified atom stereocenters. The van der Waals surface area contributed by atoms with E-state index in [-0.39, 0.29) is 5.91 Å². The molecule has 0 aliphatic carbocycles. The minimum atomic E-state index is -0.483. The SMILES string of the molecule is CCCCC(=O)Nc1ccc(C(=O)NNC(=O)c2ccccc2OCCc2ccccc2)cc1. The largest absolute Gasteiger partial charge is 0.492 e. The van der Waals surface area contributed by atoms with Crippen molar-refractivity contribution < 1.29 is 19.1 Å². The van der Waals surface area contributed by atoms with Gasteiger partial charge in [-0.2, -0.15) is 0 Å². The molecule has 0 atom stereocenters. The predicted octanol–water partition coefficient (Wildman–Crippen LogP) is 4.51. The minimum absolute atomic E-state index is 0.0593. The summed E-state index contributed by atoms with van der Waals surface area (Å²) in [5.74, 6) is -0.576. The standard InChI is InChI=1S/C27H29N3O4/c1-2-3-13-25(31)28-22-16-14-21(15-17-22)26(32)29-30-27(33)23-11-7-8-12-24(23)34-19-18-20-9-5-4-6-10-20/h4-12,14-17H,2-3,13,18-19H2,1H3,(H,28,31)(H,29,32)(H,30,33). The van der Waals surface area contributed by atoms with Gasteiger partial charge in [0.2, 0.25) is 5.91 Å². The van der Waals surface area contributed by atoms with Crippen LogP contribution in [0.2, 0.25) is 0 Å². The molecule has 0 saturated heterocycles. The van der Waals surface area contributed by atoms with Crippen LogP contribution in [0.3, 0.4) is 0 Å². The van der Waals surface area contributed by atoms with Crippen LogP contribution in [-0.2, 0) is 11.2 Å². The Balaban J connectivity index is 1.51. The van der Waals surface area contributed by atoms with Crippen molar-refractivity contribution >= 4 is 23.4 Å². The molecule has 3 aromatic carbocycles. The third kappa shape index (κ3) is 7.48. The molecule has 0 heterocycles. The van der Waals surface area contributed by atoms with Crippen LogP contribution in [0.25, 0.3) is 0 Å². The van der Waals surface area contributed by atoms with Gasteiger partial charge in [0.05, 0.1) is 12.2 Å². The molecule has 7 heteroatoms. The van der Waals surface area contributed by atoms with Crippen LogP contribution < -0.4 is 20.9 Å². The molecule has 0 aliphatic heterocycles. The van der Waals surface area contributed by atoms with Gasteiger partial charge in [0, 0.05) is 24.1 Å². The second-order valence-electron chi connectivity index (χ2n) is 7.72. The van der Waals surface area contributed by atoms with Crippen LogP contribution in [0.15, 0.2) is 78.9 Å². The van der Waals surface area contributed by atoms with E-state index >= 15 is 0 Å². The molecule has 0 fully saturated rings. The molecule has 0 aliphatic rings. The van der Waals surface area contributed by atoms with E-state index in [1.165, 1.54) is 0 Å². The highest BCUT2D eigenvalue weighted by Crippen LogP contribution is 2.18. The highest BCUT2D eigenvalue weighted by Gasteiger charge is 2.14. The number of benzene rings is 3. The Bertz CT molecular complexity index is 1100. The van der Waals surface area contributed by atoms with Crippen molar-refractivity contribution in [3.8, 4) is 5.75 Å². The third-order valence-corrected chi connectivity index (χ3v) is 5.10. The first kappa shape index (κ1) is 24.5. The summed E-state index contributed by atoms with van der Waals surface area (Å²) in [5.41, 5.74) is 7.26. The number of hydrazine groups is 1. The van der Waals surface area contributed by atoms with Crippen molar-refractivity contribution in [1.29, 1.82) is 0 Å². The average molecular weight is 460 g/mol. The Morgan fingerprint density at radius 3 is 2.21 bits per heavy atom. The van der Waals surface area contributed by atoms with Crippen LogP contribution in [-0.4, -0.2) is 24.3 Å². The number of anilines is 1. The maximum Gasteiger partial charge on any atom is 0.273 e. The fourth-order valence-corrected chi connectivity index (χ4v) is 3.22. The Morgan fingerprint density at radius 2 is 1.47 bits per heavy atom. The normalized spacial score (nSPS) is 10.3. The van der Waals surface area contributed by atoms with Crippen LogP contribution in [0.1, 0.15) is 52.5 Å². The predicted molar refractivity (Wildman–Crippen MR) is 132 cm³/mol. The summed E-state index contributed by atoms with van der Waals surface area (Å²) in [5, 5.41) is 2.79. The van der Waals surface area contributed by atoms with E-state index in [0.717, 1.165) is 18.4 Å². The van der Waals surface area contributed by atoms with Gasteiger partial charge in [-0.1, -0.05) is 55.8 Å². The molecule has 0 bridgehead atoms. The van der Waals surface area contributed by atoms with Crippen molar-refractivity contribution in [2.75, 3.05) is 11.9 Å². The number of nitrogens with one attached hydrogen (secondary N) is 3. The molecule has 3 N–H and O–H groups in total. The maximum atomic E-state index is 12.6. The number of carbonyl (C=O) groups excluding carboxylic acids is 3. The molecule has 0 radical (unpaired) electrons. The van der Waals surface area contributed by atoms with E-state index in [0.29, 0.717) is 42.0 Å². The summed E-state index contributed by atoms with van der Waals surface area (Å²) in [4.78, 5) is 36.9. The first-order valence-electron chi connectivity index (χ1n) is 11.3. The van der Waals surface area contributed by atoms with Gasteiger partial charge in [0.15, 0.2) is 0 Å². The summed E-state index contributed by atoms with van der Waals surface area (Å²) in [6.07, 6.45) is 2.94. The molecule has 3 rings (SSSR count). The summed E-state index contributed by atoms with van der Waals surface area (Å²) in [6.45, 7) is 2.44. The lowest BCUT2D eigenvalue weighted by atomic mass is 10.1. The lowest BCUT2D eigenvalue weighted by Gasteiger charge is -2.12. The number of amides is 3. The fraction of sp³-hybridized carbons (Fsp3) is 0.222. The van der Waals surface area contributed by atoms with Gasteiger partial charge in [-0.25, -0.2) is 0 Å². The number of unbranched alkanes of at least 4 members (excludes halogenated alkanes) is 1. The smallest absolute Gasteiger partial charge is 0.273 e. The van der Waals surface area contributed by atoms with Gasteiger partial charge < -0.3 is 10.1 Å². The van der Waals surface area contributed by atoms with Gasteiger partial charge in [0.25, 0.3) is 11.8 Å². The highest BCUT2D eigenvalue weighted by atomic mass is 16.5. The minimum Gasteiger partial charge on any atom is -0.492 e. The van der Waals surface area contributed by atoms with Crippen molar-refractivity contribution in [2.45, 2.75) is 32.6 Å². The maximum absolute atomic E-state index is 12.6. The first-order chi connectivity index (χ1) is 16.6. The molecule has 0 aromatic heterocycles. The van der Waals surface area contributed by atoms with E-state index in [2.05, 4.69) is 16.2 Å². The highest BCUT2D eigenvalue weighted by molar-refractivity contribution is 6.00. The lowest BCUT2D eigenvalue weighted by molar-refractivity contribution is -0.116. The summed E-state index contributed by atoms with van der Waals surface area (Å²) < 4.78 is 5.81. The third-order valence-electron chi connectivity index (χ3n) is 5.10. The van der Waals surface area contributed by atoms with Crippen molar-refractivity contribution in [2.24, 2.45) is 0 Å². The fourth-order valence-electron chi connectivity index (χ4n) is 3.22. The topological polar surface area (TPSA) is 96.5 Å². The number of para-hydroxylation sites is 1. The number of rotatable bonds is 10. The number of ether oxygens (including phenoxy) is 1. The van der Waals surface area contributed by atoms with E-state index in [9.17, 15) is 14.4 Å². The molecule has 0 saturated carbocycles. The molecule has 3 aromatic rings. The molecule has 7 nitrogen and oxygen atoms in total. The average Bonchev–Trinajstić information content (AvgIpc) is 2.87. The van der Waals surface area contributed by atoms with Crippen LogP contribution in [0.5, 0.6) is 5.75 Å². The van der Waals surface area contributed by atoms with Crippen molar-refractivity contribution in [3.05, 3.63) is 95.6 Å². The zero-order valence-corrected chi connectivity index (χ0v) is 19.2. The second-order valence-corrected chi connectivity index (χ2v) is 7.72.